The number of hydrogen-bond acceptors (Lipinski definition) is 6. The Morgan fingerprint density at radius 1 is 0.979 bits per heavy atom. The highest BCUT2D eigenvalue weighted by molar-refractivity contribution is 7.88. The van der Waals surface area contributed by atoms with E-state index < -0.39 is 62.7 Å². The van der Waals surface area contributed by atoms with E-state index >= 15 is 0 Å². The number of likely N-dealkylation sites (N-methyl/N-ethyl adjacent to an activating group) is 1. The van der Waals surface area contributed by atoms with E-state index in [-0.39, 0.29) is 29.3 Å². The monoisotopic (exact) mass is 684 g/mol. The highest BCUT2D eigenvalue weighted by Crippen LogP contribution is 2.44. The standard InChI is InChI=1S/C30H23F7N4O5S/c1-3-40-27-23(16(2)39-41(27)21-8-5-9-22(15-21)46-47(44,45)30(35,36)37)24(17-10-12-20(31)13-11-17)25(28(40)43)38-26(42)18-6-4-7-19(14-18)29(32,33)34/h4-15,24-25H,3H2,1-2H3,(H,38,42)/t24-,25-/m0/s1. The number of nitrogens with one attached hydrogen (secondary N) is 1. The Labute approximate surface area is 262 Å². The van der Waals surface area contributed by atoms with Gasteiger partial charge >= 0.3 is 21.8 Å². The molecule has 0 aliphatic carbocycles. The van der Waals surface area contributed by atoms with Crippen molar-refractivity contribution in [3.05, 3.63) is 107 Å². The van der Waals surface area contributed by atoms with Gasteiger partial charge in [-0.3, -0.25) is 14.5 Å². The molecule has 9 nitrogen and oxygen atoms in total. The first-order chi connectivity index (χ1) is 21.9. The number of benzene rings is 3. The van der Waals surface area contributed by atoms with Crippen LogP contribution in [-0.2, 0) is 21.1 Å². The van der Waals surface area contributed by atoms with E-state index in [2.05, 4.69) is 14.6 Å². The molecule has 248 valence electrons. The number of amides is 2. The summed E-state index contributed by atoms with van der Waals surface area (Å²) in [6.07, 6.45) is -4.74. The molecule has 3 aromatic carbocycles. The number of halogens is 7. The Morgan fingerprint density at radius 3 is 2.26 bits per heavy atom. The number of aromatic nitrogens is 2. The van der Waals surface area contributed by atoms with Gasteiger partial charge in [0.15, 0.2) is 0 Å². The molecule has 5 rings (SSSR count). The summed E-state index contributed by atoms with van der Waals surface area (Å²) in [7, 11) is -6.01. The number of rotatable bonds is 7. The summed E-state index contributed by atoms with van der Waals surface area (Å²) in [6, 6.07) is 11.6. The number of aryl methyl sites for hydroxylation is 1. The molecule has 1 aliphatic heterocycles. The van der Waals surface area contributed by atoms with Crippen LogP contribution in [0.1, 0.15) is 45.6 Å². The number of nitrogens with zero attached hydrogens (tertiary/aromatic N) is 3. The van der Waals surface area contributed by atoms with Crippen molar-refractivity contribution in [3.63, 3.8) is 0 Å². The van der Waals surface area contributed by atoms with Gasteiger partial charge in [0.25, 0.3) is 11.8 Å². The minimum atomic E-state index is -6.01. The van der Waals surface area contributed by atoms with Crippen LogP contribution in [0.15, 0.2) is 72.8 Å². The van der Waals surface area contributed by atoms with Gasteiger partial charge in [0.05, 0.1) is 16.9 Å². The molecule has 47 heavy (non-hydrogen) atoms. The van der Waals surface area contributed by atoms with E-state index in [1.807, 2.05) is 0 Å². The molecule has 0 bridgehead atoms. The molecule has 1 N–H and O–H groups in total. The highest BCUT2D eigenvalue weighted by Gasteiger charge is 2.49. The maximum atomic E-state index is 14.1. The third kappa shape index (κ3) is 6.39. The van der Waals surface area contributed by atoms with Crippen LogP contribution >= 0.6 is 0 Å². The normalized spacial score (nSPS) is 17.0. The molecule has 0 saturated heterocycles. The Bertz CT molecular complexity index is 1960. The second-order valence-electron chi connectivity index (χ2n) is 10.4. The maximum absolute atomic E-state index is 14.1. The van der Waals surface area contributed by atoms with Crippen molar-refractivity contribution in [3.8, 4) is 11.4 Å². The number of carbonyl (C=O) groups is 2. The fourth-order valence-corrected chi connectivity index (χ4v) is 5.75. The average Bonchev–Trinajstić information content (AvgIpc) is 3.33. The summed E-state index contributed by atoms with van der Waals surface area (Å²) in [5.41, 5.74) is -6.26. The molecule has 2 atom stereocenters. The first kappa shape index (κ1) is 33.4. The number of alkyl halides is 6. The minimum Gasteiger partial charge on any atom is -0.376 e. The number of fused-ring (bicyclic) bond motifs is 1. The molecule has 2 heterocycles. The zero-order chi connectivity index (χ0) is 34.5. The fraction of sp³-hybridized carbons (Fsp3) is 0.233. The zero-order valence-corrected chi connectivity index (χ0v) is 25.0. The van der Waals surface area contributed by atoms with Crippen molar-refractivity contribution in [2.45, 2.75) is 37.5 Å². The van der Waals surface area contributed by atoms with Gasteiger partial charge < -0.3 is 9.50 Å². The van der Waals surface area contributed by atoms with E-state index in [0.717, 1.165) is 42.5 Å². The number of carbonyl (C=O) groups excluding carboxylic acids is 2. The zero-order valence-electron chi connectivity index (χ0n) is 24.2. The fourth-order valence-electron chi connectivity index (χ4n) is 5.29. The molecule has 1 aliphatic rings. The third-order valence-corrected chi connectivity index (χ3v) is 8.33. The van der Waals surface area contributed by atoms with Crippen molar-refractivity contribution in [2.75, 3.05) is 11.4 Å². The van der Waals surface area contributed by atoms with Crippen LogP contribution in [0.4, 0.5) is 36.6 Å². The largest absolute Gasteiger partial charge is 0.534 e. The lowest BCUT2D eigenvalue weighted by atomic mass is 9.81. The van der Waals surface area contributed by atoms with E-state index in [0.29, 0.717) is 17.2 Å². The minimum absolute atomic E-state index is 0.000202. The van der Waals surface area contributed by atoms with Gasteiger partial charge in [-0.05, 0) is 61.9 Å². The second-order valence-corrected chi connectivity index (χ2v) is 11.9. The second kappa shape index (κ2) is 12.0. The molecule has 0 fully saturated rings. The van der Waals surface area contributed by atoms with Gasteiger partial charge in [0.2, 0.25) is 0 Å². The highest BCUT2D eigenvalue weighted by atomic mass is 32.2. The summed E-state index contributed by atoms with van der Waals surface area (Å²) >= 11 is 0. The van der Waals surface area contributed by atoms with Gasteiger partial charge in [-0.25, -0.2) is 9.07 Å². The van der Waals surface area contributed by atoms with Gasteiger partial charge in [-0.1, -0.05) is 24.3 Å². The van der Waals surface area contributed by atoms with E-state index in [1.165, 1.54) is 40.8 Å². The SMILES string of the molecule is CCN1C(=O)[C@@H](NC(=O)c2cccc(C(F)(F)F)c2)[C@@H](c2ccc(F)cc2)c2c(C)nn(-c3cccc(OS(=O)(=O)C(F)(F)F)c3)c21. The van der Waals surface area contributed by atoms with Crippen LogP contribution in [0, 0.1) is 12.7 Å². The van der Waals surface area contributed by atoms with Crippen LogP contribution < -0.4 is 14.4 Å². The lowest BCUT2D eigenvalue weighted by Crippen LogP contribution is -2.55. The van der Waals surface area contributed by atoms with E-state index in [4.69, 9.17) is 0 Å². The molecular formula is C30H23F7N4O5S. The molecule has 0 saturated carbocycles. The average molecular weight is 685 g/mol. The van der Waals surface area contributed by atoms with Crippen molar-refractivity contribution >= 4 is 27.8 Å². The predicted molar refractivity (Wildman–Crippen MR) is 153 cm³/mol. The van der Waals surface area contributed by atoms with Crippen LogP contribution in [0.5, 0.6) is 5.75 Å². The molecule has 0 spiro atoms. The smallest absolute Gasteiger partial charge is 0.376 e. The number of anilines is 1. The van der Waals surface area contributed by atoms with E-state index in [9.17, 15) is 48.7 Å². The molecule has 4 aromatic rings. The topological polar surface area (TPSA) is 111 Å². The van der Waals surface area contributed by atoms with Gasteiger partial charge in [-0.15, -0.1) is 0 Å². The Morgan fingerprint density at radius 2 is 1.64 bits per heavy atom. The van der Waals surface area contributed by atoms with Gasteiger partial charge in [0.1, 0.15) is 23.4 Å². The third-order valence-electron chi connectivity index (χ3n) is 7.35. The van der Waals surface area contributed by atoms with Gasteiger partial charge in [-0.2, -0.15) is 39.9 Å². The molecular weight excluding hydrogens is 661 g/mol. The quantitative estimate of drug-likeness (QED) is 0.148. The molecule has 0 unspecified atom stereocenters. The molecule has 2 amide bonds. The van der Waals surface area contributed by atoms with Crippen molar-refractivity contribution < 1.29 is 52.9 Å². The van der Waals surface area contributed by atoms with Crippen LogP contribution in [0.25, 0.3) is 5.69 Å². The molecule has 17 heteroatoms. The summed E-state index contributed by atoms with van der Waals surface area (Å²) in [4.78, 5) is 28.6. The Balaban J connectivity index is 1.64. The van der Waals surface area contributed by atoms with Gasteiger partial charge in [0, 0.05) is 29.7 Å². The first-order valence-corrected chi connectivity index (χ1v) is 15.1. The van der Waals surface area contributed by atoms with Crippen molar-refractivity contribution in [1.29, 1.82) is 0 Å². The molecule has 0 radical (unpaired) electrons. The lowest BCUT2D eigenvalue weighted by molar-refractivity contribution is -0.137. The first-order valence-electron chi connectivity index (χ1n) is 13.7. The summed E-state index contributed by atoms with van der Waals surface area (Å²) in [5.74, 6) is -4.02. The van der Waals surface area contributed by atoms with Crippen molar-refractivity contribution in [1.82, 2.24) is 15.1 Å². The van der Waals surface area contributed by atoms with E-state index in [1.54, 1.807) is 6.92 Å². The Hall–Kier alpha value is -4.93. The van der Waals surface area contributed by atoms with Crippen LogP contribution in [0.2, 0.25) is 0 Å². The number of hydrogen-bond donors (Lipinski definition) is 1. The van der Waals surface area contributed by atoms with Crippen LogP contribution in [-0.4, -0.2) is 48.1 Å². The Kier molecular flexibility index (Phi) is 8.55. The van der Waals surface area contributed by atoms with Crippen molar-refractivity contribution in [2.24, 2.45) is 0 Å². The lowest BCUT2D eigenvalue weighted by Gasteiger charge is -2.38. The predicted octanol–water partition coefficient (Wildman–Crippen LogP) is 5.86. The van der Waals surface area contributed by atoms with Crippen LogP contribution in [0.3, 0.4) is 0 Å². The maximum Gasteiger partial charge on any atom is 0.534 e. The summed E-state index contributed by atoms with van der Waals surface area (Å²) in [6.45, 7) is 3.07. The molecule has 1 aromatic heterocycles. The summed E-state index contributed by atoms with van der Waals surface area (Å²) in [5, 5.41) is 7.00. The summed E-state index contributed by atoms with van der Waals surface area (Å²) < 4.78 is 122.